The summed E-state index contributed by atoms with van der Waals surface area (Å²) < 4.78 is 0. The maximum absolute atomic E-state index is 13.2. The molecule has 26 heavy (non-hydrogen) atoms. The van der Waals surface area contributed by atoms with Gasteiger partial charge in [0.2, 0.25) is 0 Å². The third-order valence-corrected chi connectivity index (χ3v) is 5.66. The van der Waals surface area contributed by atoms with Gasteiger partial charge in [-0.15, -0.1) is 0 Å². The lowest BCUT2D eigenvalue weighted by atomic mass is 9.61. The van der Waals surface area contributed by atoms with Crippen molar-refractivity contribution < 1.29 is 4.79 Å². The molecule has 1 unspecified atom stereocenters. The Labute approximate surface area is 158 Å². The van der Waals surface area contributed by atoms with Crippen molar-refractivity contribution in [2.24, 2.45) is 16.2 Å². The molecule has 0 aliphatic heterocycles. The molecule has 138 valence electrons. The summed E-state index contributed by atoms with van der Waals surface area (Å²) in [6.07, 6.45) is 11.2. The fraction of sp³-hybridized carbons (Fsp3) is 0.480. The Kier molecular flexibility index (Phi) is 4.63. The van der Waals surface area contributed by atoms with Gasteiger partial charge in [-0.05, 0) is 29.2 Å². The second kappa shape index (κ2) is 6.37. The van der Waals surface area contributed by atoms with Gasteiger partial charge in [0.05, 0.1) is 0 Å². The smallest absolute Gasteiger partial charge is 0.185 e. The van der Waals surface area contributed by atoms with E-state index < -0.39 is 0 Å². The molecule has 0 bridgehead atoms. The predicted molar refractivity (Wildman–Crippen MR) is 110 cm³/mol. The quantitative estimate of drug-likeness (QED) is 0.520. The standard InChI is InChI=1S/C25H32O/c1-23(2,3)20-16-25(17-21(22(20)26)24(4,5)6)14-10-13-19(15-25)18-11-8-7-9-12-18/h7-13,16-17,19H,14-15H2,1-6H3. The highest BCUT2D eigenvalue weighted by atomic mass is 16.1. The summed E-state index contributed by atoms with van der Waals surface area (Å²) in [5.74, 6) is 0.634. The van der Waals surface area contributed by atoms with Crippen LogP contribution in [0.5, 0.6) is 0 Å². The Hall–Kier alpha value is -1.89. The first-order valence-corrected chi connectivity index (χ1v) is 9.75. The van der Waals surface area contributed by atoms with E-state index in [2.05, 4.69) is 96.2 Å². The average molecular weight is 349 g/mol. The highest BCUT2D eigenvalue weighted by Gasteiger charge is 2.42. The third kappa shape index (κ3) is 3.63. The summed E-state index contributed by atoms with van der Waals surface area (Å²) >= 11 is 0. The second-order valence-electron chi connectivity index (χ2n) is 10.0. The molecule has 0 radical (unpaired) electrons. The van der Waals surface area contributed by atoms with Crippen molar-refractivity contribution in [2.45, 2.75) is 60.3 Å². The first-order valence-electron chi connectivity index (χ1n) is 9.75. The zero-order chi connectivity index (χ0) is 19.2. The van der Waals surface area contributed by atoms with Crippen LogP contribution in [-0.4, -0.2) is 5.78 Å². The number of Topliss-reactive ketones (excluding diaryl/α,β-unsaturated/α-hetero) is 1. The monoisotopic (exact) mass is 348 g/mol. The summed E-state index contributed by atoms with van der Waals surface area (Å²) in [6.45, 7) is 12.9. The van der Waals surface area contributed by atoms with Crippen LogP contribution in [-0.2, 0) is 4.79 Å². The van der Waals surface area contributed by atoms with Crippen LogP contribution < -0.4 is 0 Å². The van der Waals surface area contributed by atoms with E-state index >= 15 is 0 Å². The number of carbonyl (C=O) groups is 1. The molecule has 0 heterocycles. The van der Waals surface area contributed by atoms with E-state index in [4.69, 9.17) is 0 Å². The Balaban J connectivity index is 2.08. The van der Waals surface area contributed by atoms with E-state index in [0.29, 0.717) is 5.92 Å². The van der Waals surface area contributed by atoms with Gasteiger partial charge in [0.15, 0.2) is 5.78 Å². The molecule has 0 N–H and O–H groups in total. The molecule has 3 rings (SSSR count). The summed E-state index contributed by atoms with van der Waals surface area (Å²) in [4.78, 5) is 13.2. The minimum Gasteiger partial charge on any atom is -0.289 e. The van der Waals surface area contributed by atoms with E-state index in [0.717, 1.165) is 24.0 Å². The van der Waals surface area contributed by atoms with Gasteiger partial charge in [0.1, 0.15) is 0 Å². The molecular formula is C25H32O. The number of rotatable bonds is 1. The molecule has 0 aromatic heterocycles. The molecule has 0 amide bonds. The molecule has 0 saturated carbocycles. The second-order valence-corrected chi connectivity index (χ2v) is 10.0. The average Bonchev–Trinajstić information content (AvgIpc) is 2.56. The lowest BCUT2D eigenvalue weighted by molar-refractivity contribution is -0.114. The van der Waals surface area contributed by atoms with Crippen molar-refractivity contribution in [1.82, 2.24) is 0 Å². The first-order chi connectivity index (χ1) is 12.0. The summed E-state index contributed by atoms with van der Waals surface area (Å²) in [6, 6.07) is 10.7. The molecule has 0 saturated heterocycles. The van der Waals surface area contributed by atoms with Gasteiger partial charge in [0, 0.05) is 22.5 Å². The Morgan fingerprint density at radius 1 is 0.885 bits per heavy atom. The van der Waals surface area contributed by atoms with Crippen molar-refractivity contribution in [1.29, 1.82) is 0 Å². The van der Waals surface area contributed by atoms with E-state index in [1.54, 1.807) is 0 Å². The number of ketones is 1. The van der Waals surface area contributed by atoms with Crippen LogP contribution in [0.2, 0.25) is 0 Å². The van der Waals surface area contributed by atoms with E-state index in [1.807, 2.05) is 0 Å². The molecule has 0 fully saturated rings. The third-order valence-electron chi connectivity index (χ3n) is 5.66. The Morgan fingerprint density at radius 2 is 1.42 bits per heavy atom. The molecule has 1 nitrogen and oxygen atoms in total. The number of hydrogen-bond acceptors (Lipinski definition) is 1. The van der Waals surface area contributed by atoms with Crippen LogP contribution in [0.15, 0.2) is 65.8 Å². The molecule has 1 atom stereocenters. The van der Waals surface area contributed by atoms with Gasteiger partial charge in [0.25, 0.3) is 0 Å². The summed E-state index contributed by atoms with van der Waals surface area (Å²) in [5, 5.41) is 0. The number of hydrogen-bond donors (Lipinski definition) is 0. The Morgan fingerprint density at radius 3 is 1.92 bits per heavy atom. The van der Waals surface area contributed by atoms with Gasteiger partial charge in [-0.3, -0.25) is 4.79 Å². The lowest BCUT2D eigenvalue weighted by Crippen LogP contribution is -2.35. The van der Waals surface area contributed by atoms with Crippen LogP contribution in [0.1, 0.15) is 65.9 Å². The fourth-order valence-electron chi connectivity index (χ4n) is 4.18. The normalized spacial score (nSPS) is 23.0. The van der Waals surface area contributed by atoms with Crippen LogP contribution in [0.3, 0.4) is 0 Å². The zero-order valence-corrected chi connectivity index (χ0v) is 17.1. The molecule has 2 aliphatic carbocycles. The van der Waals surface area contributed by atoms with Crippen molar-refractivity contribution in [3.8, 4) is 0 Å². The summed E-state index contributed by atoms with van der Waals surface area (Å²) in [7, 11) is 0. The number of carbonyl (C=O) groups excluding carboxylic acids is 1. The van der Waals surface area contributed by atoms with Crippen LogP contribution in [0.25, 0.3) is 0 Å². The predicted octanol–water partition coefficient (Wildman–Crippen LogP) is 6.63. The van der Waals surface area contributed by atoms with E-state index in [1.165, 1.54) is 5.56 Å². The van der Waals surface area contributed by atoms with E-state index in [-0.39, 0.29) is 22.0 Å². The largest absolute Gasteiger partial charge is 0.289 e. The number of benzene rings is 1. The molecular weight excluding hydrogens is 316 g/mol. The molecule has 1 spiro atoms. The summed E-state index contributed by atoms with van der Waals surface area (Å²) in [5.41, 5.74) is 2.97. The van der Waals surface area contributed by atoms with Crippen LogP contribution >= 0.6 is 0 Å². The minimum atomic E-state index is -0.141. The molecule has 2 aliphatic rings. The minimum absolute atomic E-state index is 0.0611. The van der Waals surface area contributed by atoms with Crippen LogP contribution in [0.4, 0.5) is 0 Å². The fourth-order valence-corrected chi connectivity index (χ4v) is 4.18. The Bertz CT molecular complexity index is 742. The first kappa shape index (κ1) is 18.9. The number of allylic oxidation sites excluding steroid dienone is 6. The van der Waals surface area contributed by atoms with Gasteiger partial charge in [-0.1, -0.05) is 96.2 Å². The van der Waals surface area contributed by atoms with Gasteiger partial charge in [-0.25, -0.2) is 0 Å². The molecule has 1 heteroatoms. The highest BCUT2D eigenvalue weighted by Crippen LogP contribution is 2.50. The highest BCUT2D eigenvalue weighted by molar-refractivity contribution is 6.11. The van der Waals surface area contributed by atoms with Gasteiger partial charge in [-0.2, -0.15) is 0 Å². The van der Waals surface area contributed by atoms with Crippen LogP contribution in [0, 0.1) is 16.2 Å². The lowest BCUT2D eigenvalue weighted by Gasteiger charge is -2.42. The topological polar surface area (TPSA) is 17.1 Å². The van der Waals surface area contributed by atoms with Crippen molar-refractivity contribution in [2.75, 3.05) is 0 Å². The maximum Gasteiger partial charge on any atom is 0.185 e. The molecule has 1 aromatic rings. The van der Waals surface area contributed by atoms with Crippen molar-refractivity contribution >= 4 is 5.78 Å². The zero-order valence-electron chi connectivity index (χ0n) is 17.1. The molecule has 1 aromatic carbocycles. The SMILES string of the molecule is CC(C)(C)C1=CC2(C=C(C(C)(C)C)C1=O)CC=CC(c1ccccc1)C2. The van der Waals surface area contributed by atoms with Crippen molar-refractivity contribution in [3.05, 3.63) is 71.3 Å². The maximum atomic E-state index is 13.2. The van der Waals surface area contributed by atoms with Gasteiger partial charge >= 0.3 is 0 Å². The van der Waals surface area contributed by atoms with E-state index in [9.17, 15) is 4.79 Å². The van der Waals surface area contributed by atoms with Gasteiger partial charge < -0.3 is 0 Å². The van der Waals surface area contributed by atoms with Crippen molar-refractivity contribution in [3.63, 3.8) is 0 Å².